The zero-order valence-corrected chi connectivity index (χ0v) is 8.91. The summed E-state index contributed by atoms with van der Waals surface area (Å²) >= 11 is 0. The number of sulfonamides is 1. The summed E-state index contributed by atoms with van der Waals surface area (Å²) in [6.45, 7) is -0.123. The Morgan fingerprint density at radius 3 is 2.73 bits per heavy atom. The highest BCUT2D eigenvalue weighted by Crippen LogP contribution is 2.24. The Balaban J connectivity index is 2.92. The van der Waals surface area contributed by atoms with Gasteiger partial charge in [-0.1, -0.05) is 12.1 Å². The molecule has 0 aliphatic rings. The minimum atomic E-state index is -3.34. The number of hydrogen-bond donors (Lipinski definition) is 1. The fourth-order valence-electron chi connectivity index (χ4n) is 0.987. The second kappa shape index (κ2) is 4.66. The number of nitrogens with zero attached hydrogens (tertiary/aromatic N) is 1. The van der Waals surface area contributed by atoms with E-state index in [0.29, 0.717) is 11.4 Å². The lowest BCUT2D eigenvalue weighted by atomic mass is 10.3. The molecule has 5 nitrogen and oxygen atoms in total. The van der Waals surface area contributed by atoms with Crippen molar-refractivity contribution in [3.63, 3.8) is 0 Å². The Bertz CT molecular complexity index is 476. The van der Waals surface area contributed by atoms with Crippen LogP contribution in [0.2, 0.25) is 0 Å². The zero-order chi connectivity index (χ0) is 11.3. The molecule has 0 fully saturated rings. The normalized spacial score (nSPS) is 10.4. The summed E-state index contributed by atoms with van der Waals surface area (Å²) < 4.78 is 29.3. The van der Waals surface area contributed by atoms with E-state index >= 15 is 0 Å². The zero-order valence-electron chi connectivity index (χ0n) is 8.10. The van der Waals surface area contributed by atoms with Gasteiger partial charge in [0, 0.05) is 0 Å². The van der Waals surface area contributed by atoms with Gasteiger partial charge in [-0.15, -0.1) is 0 Å². The molecule has 1 aromatic carbocycles. The molecule has 0 spiro atoms. The van der Waals surface area contributed by atoms with Crippen LogP contribution in [0.5, 0.6) is 5.75 Å². The Hall–Kier alpha value is -1.74. The van der Waals surface area contributed by atoms with E-state index in [1.807, 2.05) is 0 Å². The number of nitrogens with one attached hydrogen (secondary N) is 1. The van der Waals surface area contributed by atoms with Crippen LogP contribution in [0.4, 0.5) is 5.69 Å². The second-order valence-corrected chi connectivity index (χ2v) is 4.57. The van der Waals surface area contributed by atoms with Crippen molar-refractivity contribution in [3.05, 3.63) is 24.3 Å². The van der Waals surface area contributed by atoms with Crippen LogP contribution in [0.3, 0.4) is 0 Å². The van der Waals surface area contributed by atoms with E-state index in [9.17, 15) is 8.42 Å². The van der Waals surface area contributed by atoms with E-state index in [1.54, 1.807) is 30.3 Å². The first-order valence-electron chi connectivity index (χ1n) is 4.09. The predicted molar refractivity (Wildman–Crippen MR) is 56.0 cm³/mol. The summed E-state index contributed by atoms with van der Waals surface area (Å²) in [5.41, 5.74) is 0.329. The highest BCUT2D eigenvalue weighted by atomic mass is 32.2. The summed E-state index contributed by atoms with van der Waals surface area (Å²) in [5.74, 6) is 0.337. The molecule has 15 heavy (non-hydrogen) atoms. The smallest absolute Gasteiger partial charge is 0.229 e. The summed E-state index contributed by atoms with van der Waals surface area (Å²) in [5, 5.41) is 8.34. The van der Waals surface area contributed by atoms with Crippen LogP contribution in [0.1, 0.15) is 0 Å². The molecule has 0 unspecified atom stereocenters. The van der Waals surface area contributed by atoms with E-state index in [0.717, 1.165) is 6.26 Å². The Morgan fingerprint density at radius 2 is 2.13 bits per heavy atom. The van der Waals surface area contributed by atoms with Crippen LogP contribution in [-0.4, -0.2) is 21.3 Å². The SMILES string of the molecule is CS(=O)(=O)Nc1ccccc1OCC#N. The quantitative estimate of drug-likeness (QED) is 0.829. The van der Waals surface area contributed by atoms with Gasteiger partial charge in [-0.05, 0) is 12.1 Å². The van der Waals surface area contributed by atoms with Crippen LogP contribution < -0.4 is 9.46 Å². The van der Waals surface area contributed by atoms with Crippen molar-refractivity contribution >= 4 is 15.7 Å². The highest BCUT2D eigenvalue weighted by Gasteiger charge is 2.07. The van der Waals surface area contributed by atoms with E-state index < -0.39 is 10.0 Å². The molecular formula is C9H10N2O3S. The van der Waals surface area contributed by atoms with Gasteiger partial charge < -0.3 is 4.74 Å². The molecule has 0 atom stereocenters. The molecule has 0 aliphatic carbocycles. The van der Waals surface area contributed by atoms with E-state index in [4.69, 9.17) is 10.00 Å². The molecule has 1 rings (SSSR count). The van der Waals surface area contributed by atoms with Gasteiger partial charge in [0.1, 0.15) is 11.8 Å². The third-order valence-corrected chi connectivity index (χ3v) is 2.07. The monoisotopic (exact) mass is 226 g/mol. The topological polar surface area (TPSA) is 79.2 Å². The van der Waals surface area contributed by atoms with Crippen LogP contribution in [0.15, 0.2) is 24.3 Å². The Labute approximate surface area is 88.3 Å². The van der Waals surface area contributed by atoms with Crippen molar-refractivity contribution < 1.29 is 13.2 Å². The lowest BCUT2D eigenvalue weighted by Crippen LogP contribution is -2.10. The molecule has 0 radical (unpaired) electrons. The molecule has 0 amide bonds. The fourth-order valence-corrected chi connectivity index (χ4v) is 1.55. The summed E-state index contributed by atoms with van der Waals surface area (Å²) in [4.78, 5) is 0. The van der Waals surface area contributed by atoms with Gasteiger partial charge in [0.15, 0.2) is 6.61 Å². The molecule has 0 saturated heterocycles. The van der Waals surface area contributed by atoms with Gasteiger partial charge in [-0.25, -0.2) is 8.42 Å². The molecule has 0 aromatic heterocycles. The average Bonchev–Trinajstić information content (AvgIpc) is 2.14. The summed E-state index contributed by atoms with van der Waals surface area (Å²) in [7, 11) is -3.34. The molecule has 6 heteroatoms. The van der Waals surface area contributed by atoms with E-state index in [2.05, 4.69) is 4.72 Å². The van der Waals surface area contributed by atoms with Crippen molar-refractivity contribution in [1.82, 2.24) is 0 Å². The van der Waals surface area contributed by atoms with Gasteiger partial charge in [0.05, 0.1) is 11.9 Å². The first-order chi connectivity index (χ1) is 7.03. The van der Waals surface area contributed by atoms with Gasteiger partial charge in [0.25, 0.3) is 0 Å². The number of anilines is 1. The van der Waals surface area contributed by atoms with Crippen molar-refractivity contribution in [3.8, 4) is 11.8 Å². The van der Waals surface area contributed by atoms with Crippen molar-refractivity contribution in [1.29, 1.82) is 5.26 Å². The summed E-state index contributed by atoms with van der Waals surface area (Å²) in [6, 6.07) is 8.33. The average molecular weight is 226 g/mol. The number of rotatable bonds is 4. The van der Waals surface area contributed by atoms with Crippen LogP contribution in [0.25, 0.3) is 0 Å². The molecule has 80 valence electrons. The van der Waals surface area contributed by atoms with Crippen molar-refractivity contribution in [2.45, 2.75) is 0 Å². The first kappa shape index (κ1) is 11.3. The number of para-hydroxylation sites is 2. The highest BCUT2D eigenvalue weighted by molar-refractivity contribution is 7.92. The maximum Gasteiger partial charge on any atom is 0.229 e. The van der Waals surface area contributed by atoms with Gasteiger partial charge in [-0.2, -0.15) is 5.26 Å². The Morgan fingerprint density at radius 1 is 1.47 bits per heavy atom. The number of hydrogen-bond acceptors (Lipinski definition) is 4. The predicted octanol–water partition coefficient (Wildman–Crippen LogP) is 0.960. The van der Waals surface area contributed by atoms with Crippen molar-refractivity contribution in [2.75, 3.05) is 17.6 Å². The molecule has 1 N–H and O–H groups in total. The molecule has 0 aliphatic heterocycles. The molecule has 0 saturated carbocycles. The van der Waals surface area contributed by atoms with Crippen molar-refractivity contribution in [2.24, 2.45) is 0 Å². The van der Waals surface area contributed by atoms with Gasteiger partial charge in [0.2, 0.25) is 10.0 Å². The van der Waals surface area contributed by atoms with Crippen LogP contribution in [-0.2, 0) is 10.0 Å². The van der Waals surface area contributed by atoms with Crippen LogP contribution >= 0.6 is 0 Å². The fraction of sp³-hybridized carbons (Fsp3) is 0.222. The molecule has 0 heterocycles. The summed E-state index contributed by atoms with van der Waals surface area (Å²) in [6.07, 6.45) is 1.05. The lowest BCUT2D eigenvalue weighted by molar-refractivity contribution is 0.370. The minimum absolute atomic E-state index is 0.123. The number of nitriles is 1. The third kappa shape index (κ3) is 3.87. The maximum absolute atomic E-state index is 11.0. The van der Waals surface area contributed by atoms with Gasteiger partial charge >= 0.3 is 0 Å². The lowest BCUT2D eigenvalue weighted by Gasteiger charge is -2.09. The molecule has 0 bridgehead atoms. The van der Waals surface area contributed by atoms with Crippen LogP contribution in [0, 0.1) is 11.3 Å². The Kier molecular flexibility index (Phi) is 3.52. The third-order valence-electron chi connectivity index (χ3n) is 1.47. The molecule has 1 aromatic rings. The molecular weight excluding hydrogens is 216 g/mol. The first-order valence-corrected chi connectivity index (χ1v) is 5.98. The van der Waals surface area contributed by atoms with Gasteiger partial charge in [-0.3, -0.25) is 4.72 Å². The minimum Gasteiger partial charge on any atom is -0.477 e. The standard InChI is InChI=1S/C9H10N2O3S/c1-15(12,13)11-8-4-2-3-5-9(8)14-7-6-10/h2-5,11H,7H2,1H3. The maximum atomic E-state index is 11.0. The van der Waals surface area contributed by atoms with E-state index in [1.165, 1.54) is 0 Å². The number of ether oxygens (including phenoxy) is 1. The number of benzene rings is 1. The largest absolute Gasteiger partial charge is 0.477 e. The second-order valence-electron chi connectivity index (χ2n) is 2.82. The van der Waals surface area contributed by atoms with E-state index in [-0.39, 0.29) is 6.61 Å².